The van der Waals surface area contributed by atoms with Crippen molar-refractivity contribution in [2.75, 3.05) is 13.1 Å². The zero-order valence-corrected chi connectivity index (χ0v) is 13.0. The highest BCUT2D eigenvalue weighted by molar-refractivity contribution is 5.83. The zero-order valence-electron chi connectivity index (χ0n) is 13.0. The lowest BCUT2D eigenvalue weighted by atomic mass is 9.96. The number of carbonyl (C=O) groups is 2. The molecule has 0 radical (unpaired) electrons. The summed E-state index contributed by atoms with van der Waals surface area (Å²) < 4.78 is 0. The molecule has 5 heteroatoms. The minimum Gasteiger partial charge on any atom is -0.350 e. The first-order valence-corrected chi connectivity index (χ1v) is 8.12. The molecule has 2 heterocycles. The lowest BCUT2D eigenvalue weighted by molar-refractivity contribution is -0.136. The van der Waals surface area contributed by atoms with E-state index in [0.29, 0.717) is 13.1 Å². The van der Waals surface area contributed by atoms with Crippen LogP contribution >= 0.6 is 0 Å². The average Bonchev–Trinajstić information content (AvgIpc) is 3.37. The van der Waals surface area contributed by atoms with Crippen LogP contribution in [0.15, 0.2) is 18.2 Å². The van der Waals surface area contributed by atoms with Gasteiger partial charge in [0.2, 0.25) is 11.8 Å². The third kappa shape index (κ3) is 3.64. The number of carbonyl (C=O) groups excluding carboxylic acids is 2. The van der Waals surface area contributed by atoms with Gasteiger partial charge in [-0.15, -0.1) is 0 Å². The van der Waals surface area contributed by atoms with Gasteiger partial charge in [0.25, 0.3) is 0 Å². The first kappa shape index (κ1) is 15.0. The number of pyridine rings is 1. The molecule has 1 aromatic heterocycles. The molecule has 1 saturated heterocycles. The summed E-state index contributed by atoms with van der Waals surface area (Å²) in [6.07, 6.45) is 3.82. The number of aryl methyl sites for hydroxylation is 1. The van der Waals surface area contributed by atoms with Gasteiger partial charge in [-0.2, -0.15) is 0 Å². The lowest BCUT2D eigenvalue weighted by Gasteiger charge is -2.32. The van der Waals surface area contributed by atoms with Crippen molar-refractivity contribution in [3.05, 3.63) is 29.6 Å². The summed E-state index contributed by atoms with van der Waals surface area (Å²) in [5, 5.41) is 2.96. The third-order valence-corrected chi connectivity index (χ3v) is 4.42. The number of piperidine rings is 1. The largest absolute Gasteiger partial charge is 0.350 e. The fourth-order valence-electron chi connectivity index (χ4n) is 3.00. The Morgan fingerprint density at radius 2 is 2.09 bits per heavy atom. The molecule has 3 rings (SSSR count). The minimum absolute atomic E-state index is 0.0385. The molecule has 0 bridgehead atoms. The highest BCUT2D eigenvalue weighted by Crippen LogP contribution is 2.32. The van der Waals surface area contributed by atoms with Crippen LogP contribution in [0.3, 0.4) is 0 Å². The van der Waals surface area contributed by atoms with Crippen molar-refractivity contribution in [2.24, 2.45) is 11.8 Å². The van der Waals surface area contributed by atoms with Crippen LogP contribution in [0.4, 0.5) is 0 Å². The van der Waals surface area contributed by atoms with E-state index in [1.807, 2.05) is 30.0 Å². The van der Waals surface area contributed by atoms with Gasteiger partial charge in [0, 0.05) is 24.7 Å². The monoisotopic (exact) mass is 301 g/mol. The molecule has 1 aliphatic carbocycles. The van der Waals surface area contributed by atoms with Crippen molar-refractivity contribution in [3.8, 4) is 0 Å². The van der Waals surface area contributed by atoms with E-state index < -0.39 is 0 Å². The van der Waals surface area contributed by atoms with E-state index in [1.165, 1.54) is 0 Å². The third-order valence-electron chi connectivity index (χ3n) is 4.42. The van der Waals surface area contributed by atoms with Gasteiger partial charge in [-0.25, -0.2) is 0 Å². The van der Waals surface area contributed by atoms with Gasteiger partial charge in [0.1, 0.15) is 0 Å². The van der Waals surface area contributed by atoms with Crippen LogP contribution in [-0.4, -0.2) is 34.8 Å². The summed E-state index contributed by atoms with van der Waals surface area (Å²) in [7, 11) is 0. The number of nitrogens with one attached hydrogen (secondary N) is 1. The molecule has 2 fully saturated rings. The Morgan fingerprint density at radius 1 is 1.27 bits per heavy atom. The number of nitrogens with zero attached hydrogens (tertiary/aromatic N) is 2. The van der Waals surface area contributed by atoms with E-state index >= 15 is 0 Å². The van der Waals surface area contributed by atoms with Gasteiger partial charge in [0.05, 0.1) is 18.2 Å². The molecule has 0 spiro atoms. The summed E-state index contributed by atoms with van der Waals surface area (Å²) in [5.41, 5.74) is 1.82. The maximum Gasteiger partial charge on any atom is 0.225 e. The molecule has 2 aliphatic rings. The first-order chi connectivity index (χ1) is 10.6. The number of likely N-dealkylation sites (tertiary alicyclic amines) is 1. The molecule has 1 saturated carbocycles. The molecule has 5 nitrogen and oxygen atoms in total. The smallest absolute Gasteiger partial charge is 0.225 e. The number of aromatic nitrogens is 1. The Morgan fingerprint density at radius 3 is 2.82 bits per heavy atom. The van der Waals surface area contributed by atoms with Gasteiger partial charge in [-0.1, -0.05) is 6.07 Å². The van der Waals surface area contributed by atoms with Crippen molar-refractivity contribution >= 4 is 11.8 Å². The van der Waals surface area contributed by atoms with E-state index in [2.05, 4.69) is 10.3 Å². The number of amides is 2. The highest BCUT2D eigenvalue weighted by atomic mass is 16.2. The molecule has 118 valence electrons. The van der Waals surface area contributed by atoms with E-state index in [0.717, 1.165) is 43.6 Å². The second-order valence-corrected chi connectivity index (χ2v) is 6.39. The molecule has 1 N–H and O–H groups in total. The highest BCUT2D eigenvalue weighted by Gasteiger charge is 2.36. The normalized spacial score (nSPS) is 21.5. The van der Waals surface area contributed by atoms with Gasteiger partial charge in [-0.05, 0) is 44.7 Å². The lowest BCUT2D eigenvalue weighted by Crippen LogP contribution is -2.45. The van der Waals surface area contributed by atoms with Gasteiger partial charge in [-0.3, -0.25) is 14.6 Å². The Labute approximate surface area is 131 Å². The molecular weight excluding hydrogens is 278 g/mol. The van der Waals surface area contributed by atoms with Crippen molar-refractivity contribution in [2.45, 2.75) is 39.2 Å². The van der Waals surface area contributed by atoms with Crippen LogP contribution in [-0.2, 0) is 16.1 Å². The molecule has 22 heavy (non-hydrogen) atoms. The zero-order chi connectivity index (χ0) is 15.5. The van der Waals surface area contributed by atoms with E-state index in [9.17, 15) is 9.59 Å². The van der Waals surface area contributed by atoms with Crippen LogP contribution in [0.5, 0.6) is 0 Å². The average molecular weight is 301 g/mol. The molecule has 1 atom stereocenters. The van der Waals surface area contributed by atoms with Crippen molar-refractivity contribution in [1.82, 2.24) is 15.2 Å². The van der Waals surface area contributed by atoms with Crippen LogP contribution in [0, 0.1) is 18.8 Å². The minimum atomic E-state index is -0.0822. The topological polar surface area (TPSA) is 62.3 Å². The van der Waals surface area contributed by atoms with Gasteiger partial charge < -0.3 is 10.2 Å². The van der Waals surface area contributed by atoms with Gasteiger partial charge >= 0.3 is 0 Å². The fourth-order valence-corrected chi connectivity index (χ4v) is 3.00. The molecule has 1 unspecified atom stereocenters. The maximum atomic E-state index is 12.3. The SMILES string of the molecule is Cc1cccc(CNC(=O)C2CCCN(C(=O)C3CC3)C2)n1. The summed E-state index contributed by atoms with van der Waals surface area (Å²) in [4.78, 5) is 30.7. The summed E-state index contributed by atoms with van der Waals surface area (Å²) >= 11 is 0. The van der Waals surface area contributed by atoms with Crippen LogP contribution < -0.4 is 5.32 Å². The van der Waals surface area contributed by atoms with Crippen LogP contribution in [0.1, 0.15) is 37.1 Å². The predicted octanol–water partition coefficient (Wildman–Crippen LogP) is 1.65. The summed E-state index contributed by atoms with van der Waals surface area (Å²) in [6, 6.07) is 5.80. The number of hydrogen-bond acceptors (Lipinski definition) is 3. The quantitative estimate of drug-likeness (QED) is 0.920. The Bertz CT molecular complexity index is 569. The Kier molecular flexibility index (Phi) is 4.41. The Balaban J connectivity index is 1.52. The van der Waals surface area contributed by atoms with Crippen molar-refractivity contribution in [1.29, 1.82) is 0 Å². The number of hydrogen-bond donors (Lipinski definition) is 1. The molecule has 1 aromatic rings. The standard InChI is InChI=1S/C17H23N3O2/c1-12-4-2-6-15(19-12)10-18-16(21)14-5-3-9-20(11-14)17(22)13-7-8-13/h2,4,6,13-14H,3,5,7-11H2,1H3,(H,18,21). The Hall–Kier alpha value is -1.91. The molecular formula is C17H23N3O2. The van der Waals surface area contributed by atoms with Gasteiger partial charge in [0.15, 0.2) is 0 Å². The molecule has 2 amide bonds. The maximum absolute atomic E-state index is 12.3. The summed E-state index contributed by atoms with van der Waals surface area (Å²) in [5.74, 6) is 0.439. The predicted molar refractivity (Wildman–Crippen MR) is 82.8 cm³/mol. The summed E-state index contributed by atoms with van der Waals surface area (Å²) in [6.45, 7) is 3.77. The van der Waals surface area contributed by atoms with E-state index in [-0.39, 0.29) is 23.7 Å². The van der Waals surface area contributed by atoms with Crippen LogP contribution in [0.25, 0.3) is 0 Å². The molecule has 0 aromatic carbocycles. The second kappa shape index (κ2) is 6.46. The molecule has 1 aliphatic heterocycles. The van der Waals surface area contributed by atoms with Crippen molar-refractivity contribution in [3.63, 3.8) is 0 Å². The van der Waals surface area contributed by atoms with Crippen molar-refractivity contribution < 1.29 is 9.59 Å². The number of rotatable bonds is 4. The van der Waals surface area contributed by atoms with E-state index in [1.54, 1.807) is 0 Å². The van der Waals surface area contributed by atoms with Crippen LogP contribution in [0.2, 0.25) is 0 Å². The fraction of sp³-hybridized carbons (Fsp3) is 0.588. The van der Waals surface area contributed by atoms with E-state index in [4.69, 9.17) is 0 Å². The first-order valence-electron chi connectivity index (χ1n) is 8.12. The second-order valence-electron chi connectivity index (χ2n) is 6.39.